The van der Waals surface area contributed by atoms with Gasteiger partial charge in [0, 0.05) is 41.5 Å². The maximum absolute atomic E-state index is 12.8. The molecule has 0 radical (unpaired) electrons. The van der Waals surface area contributed by atoms with Crippen molar-refractivity contribution >= 4 is 29.3 Å². The van der Waals surface area contributed by atoms with Crippen molar-refractivity contribution in [2.24, 2.45) is 0 Å². The number of nitrogens with one attached hydrogen (secondary N) is 1. The summed E-state index contributed by atoms with van der Waals surface area (Å²) in [5.41, 5.74) is 1.98. The maximum Gasteiger partial charge on any atom is 0.256 e. The molecule has 0 aliphatic carbocycles. The summed E-state index contributed by atoms with van der Waals surface area (Å²) >= 11 is 1.55. The Morgan fingerprint density at radius 2 is 1.80 bits per heavy atom. The minimum absolute atomic E-state index is 0.0249. The molecule has 2 aromatic rings. The average Bonchev–Trinajstić information content (AvgIpc) is 2.77. The number of rotatable bonds is 1. The molecule has 0 spiro atoms. The number of fused-ring (bicyclic) bond motifs is 2. The first-order valence-corrected chi connectivity index (χ1v) is 9.13. The van der Waals surface area contributed by atoms with E-state index in [0.29, 0.717) is 16.8 Å². The first kappa shape index (κ1) is 16.2. The SMILES string of the molecule is CN1CCN(C(=O)c2ccc3c(c2)NC(=O)c2ccccc2S3)CC1. The van der Waals surface area contributed by atoms with Crippen LogP contribution in [0.25, 0.3) is 0 Å². The van der Waals surface area contributed by atoms with E-state index in [-0.39, 0.29) is 11.8 Å². The van der Waals surface area contributed by atoms with E-state index in [1.54, 1.807) is 17.8 Å². The predicted molar refractivity (Wildman–Crippen MR) is 98.4 cm³/mol. The highest BCUT2D eigenvalue weighted by molar-refractivity contribution is 7.99. The molecule has 2 heterocycles. The molecule has 2 aliphatic rings. The van der Waals surface area contributed by atoms with Crippen molar-refractivity contribution in [3.05, 3.63) is 53.6 Å². The van der Waals surface area contributed by atoms with Gasteiger partial charge < -0.3 is 15.1 Å². The number of anilines is 1. The van der Waals surface area contributed by atoms with Crippen LogP contribution in [-0.4, -0.2) is 54.8 Å². The Morgan fingerprint density at radius 1 is 1.04 bits per heavy atom. The summed E-state index contributed by atoms with van der Waals surface area (Å²) in [4.78, 5) is 31.2. The third kappa shape index (κ3) is 3.15. The van der Waals surface area contributed by atoms with Crippen LogP contribution in [0, 0.1) is 0 Å². The van der Waals surface area contributed by atoms with Crippen molar-refractivity contribution in [2.75, 3.05) is 38.5 Å². The van der Waals surface area contributed by atoms with Crippen LogP contribution in [0.2, 0.25) is 0 Å². The number of benzene rings is 2. The van der Waals surface area contributed by atoms with E-state index < -0.39 is 0 Å². The summed E-state index contributed by atoms with van der Waals surface area (Å²) in [6.07, 6.45) is 0. The van der Waals surface area contributed by atoms with Gasteiger partial charge in [0.2, 0.25) is 0 Å². The molecule has 5 nitrogen and oxygen atoms in total. The first-order chi connectivity index (χ1) is 12.1. The van der Waals surface area contributed by atoms with Crippen LogP contribution in [-0.2, 0) is 0 Å². The van der Waals surface area contributed by atoms with Crippen molar-refractivity contribution in [1.29, 1.82) is 0 Å². The van der Waals surface area contributed by atoms with Crippen LogP contribution in [0.3, 0.4) is 0 Å². The predicted octanol–water partition coefficient (Wildman–Crippen LogP) is 2.79. The lowest BCUT2D eigenvalue weighted by molar-refractivity contribution is 0.0664. The first-order valence-electron chi connectivity index (χ1n) is 8.32. The molecule has 128 valence electrons. The molecule has 0 unspecified atom stereocenters. The lowest BCUT2D eigenvalue weighted by Gasteiger charge is -2.32. The lowest BCUT2D eigenvalue weighted by atomic mass is 10.1. The quantitative estimate of drug-likeness (QED) is 0.857. The van der Waals surface area contributed by atoms with Gasteiger partial charge in [0.25, 0.3) is 11.8 Å². The summed E-state index contributed by atoms with van der Waals surface area (Å²) in [6.45, 7) is 3.25. The van der Waals surface area contributed by atoms with Crippen LogP contribution >= 0.6 is 11.8 Å². The smallest absolute Gasteiger partial charge is 0.256 e. The Balaban J connectivity index is 1.62. The van der Waals surface area contributed by atoms with Gasteiger partial charge in [-0.2, -0.15) is 0 Å². The third-order valence-corrected chi connectivity index (χ3v) is 5.77. The molecule has 1 fully saturated rings. The molecule has 0 aromatic heterocycles. The highest BCUT2D eigenvalue weighted by atomic mass is 32.2. The normalized spacial score (nSPS) is 17.3. The van der Waals surface area contributed by atoms with Crippen molar-refractivity contribution < 1.29 is 9.59 Å². The number of nitrogens with zero attached hydrogens (tertiary/aromatic N) is 2. The van der Waals surface area contributed by atoms with Gasteiger partial charge in [-0.3, -0.25) is 9.59 Å². The van der Waals surface area contributed by atoms with Gasteiger partial charge in [-0.15, -0.1) is 0 Å². The number of likely N-dealkylation sites (N-methyl/N-ethyl adjacent to an activating group) is 1. The largest absolute Gasteiger partial charge is 0.336 e. The fraction of sp³-hybridized carbons (Fsp3) is 0.263. The summed E-state index contributed by atoms with van der Waals surface area (Å²) in [5.74, 6) is -0.108. The lowest BCUT2D eigenvalue weighted by Crippen LogP contribution is -2.47. The molecular weight excluding hydrogens is 334 g/mol. The third-order valence-electron chi connectivity index (χ3n) is 4.62. The zero-order valence-corrected chi connectivity index (χ0v) is 14.8. The Hall–Kier alpha value is -2.31. The van der Waals surface area contributed by atoms with Gasteiger partial charge in [0.1, 0.15) is 0 Å². The minimum Gasteiger partial charge on any atom is -0.336 e. The van der Waals surface area contributed by atoms with Crippen LogP contribution < -0.4 is 5.32 Å². The van der Waals surface area contributed by atoms with Crippen LogP contribution in [0.15, 0.2) is 52.3 Å². The second-order valence-corrected chi connectivity index (χ2v) is 7.44. The van der Waals surface area contributed by atoms with Crippen LogP contribution in [0.1, 0.15) is 20.7 Å². The van der Waals surface area contributed by atoms with E-state index in [1.807, 2.05) is 41.3 Å². The van der Waals surface area contributed by atoms with E-state index in [1.165, 1.54) is 0 Å². The number of carbonyl (C=O) groups is 2. The highest BCUT2D eigenvalue weighted by Crippen LogP contribution is 2.39. The van der Waals surface area contributed by atoms with E-state index in [2.05, 4.69) is 17.3 Å². The monoisotopic (exact) mass is 353 g/mol. The summed E-state index contributed by atoms with van der Waals surface area (Å²) in [5, 5.41) is 2.95. The van der Waals surface area contributed by atoms with Crippen molar-refractivity contribution in [3.8, 4) is 0 Å². The van der Waals surface area contributed by atoms with Crippen LogP contribution in [0.5, 0.6) is 0 Å². The second-order valence-electron chi connectivity index (χ2n) is 6.36. The molecular formula is C19H19N3O2S. The molecule has 2 aromatic carbocycles. The van der Waals surface area contributed by atoms with Gasteiger partial charge in [0.05, 0.1) is 11.3 Å². The number of hydrogen-bond donors (Lipinski definition) is 1. The van der Waals surface area contributed by atoms with Gasteiger partial charge >= 0.3 is 0 Å². The van der Waals surface area contributed by atoms with Crippen molar-refractivity contribution in [2.45, 2.75) is 9.79 Å². The molecule has 2 aliphatic heterocycles. The molecule has 2 amide bonds. The molecule has 0 bridgehead atoms. The Kier molecular flexibility index (Phi) is 4.23. The van der Waals surface area contributed by atoms with Crippen LogP contribution in [0.4, 0.5) is 5.69 Å². The number of piperazine rings is 1. The second kappa shape index (κ2) is 6.54. The van der Waals surface area contributed by atoms with E-state index in [4.69, 9.17) is 0 Å². The highest BCUT2D eigenvalue weighted by Gasteiger charge is 2.23. The van der Waals surface area contributed by atoms with Gasteiger partial charge in [-0.25, -0.2) is 0 Å². The number of carbonyl (C=O) groups excluding carboxylic acids is 2. The number of amides is 2. The fourth-order valence-corrected chi connectivity index (χ4v) is 4.10. The maximum atomic E-state index is 12.8. The number of hydrogen-bond acceptors (Lipinski definition) is 4. The summed E-state index contributed by atoms with van der Waals surface area (Å²) < 4.78 is 0. The van der Waals surface area contributed by atoms with Gasteiger partial charge in [0.15, 0.2) is 0 Å². The van der Waals surface area contributed by atoms with Crippen molar-refractivity contribution in [3.63, 3.8) is 0 Å². The average molecular weight is 353 g/mol. The summed E-state index contributed by atoms with van der Waals surface area (Å²) in [7, 11) is 2.06. The van der Waals surface area contributed by atoms with E-state index in [9.17, 15) is 9.59 Å². The Morgan fingerprint density at radius 3 is 2.60 bits per heavy atom. The van der Waals surface area contributed by atoms with E-state index in [0.717, 1.165) is 36.0 Å². The van der Waals surface area contributed by atoms with Gasteiger partial charge in [-0.1, -0.05) is 23.9 Å². The molecule has 1 saturated heterocycles. The molecule has 6 heteroatoms. The molecule has 0 atom stereocenters. The minimum atomic E-state index is -0.133. The molecule has 4 rings (SSSR count). The fourth-order valence-electron chi connectivity index (χ4n) is 3.09. The van der Waals surface area contributed by atoms with Crippen molar-refractivity contribution in [1.82, 2.24) is 9.80 Å². The molecule has 1 N–H and O–H groups in total. The standard InChI is InChI=1S/C19H19N3O2S/c1-21-8-10-22(11-9-21)19(24)13-6-7-17-15(12-13)20-18(23)14-4-2-3-5-16(14)25-17/h2-7,12H,8-11H2,1H3,(H,20,23). The Labute approximate surface area is 151 Å². The van der Waals surface area contributed by atoms with E-state index >= 15 is 0 Å². The zero-order valence-electron chi connectivity index (χ0n) is 14.0. The molecule has 25 heavy (non-hydrogen) atoms. The summed E-state index contributed by atoms with van der Waals surface area (Å²) in [6, 6.07) is 13.1. The zero-order chi connectivity index (χ0) is 17.4. The molecule has 0 saturated carbocycles. The topological polar surface area (TPSA) is 52.6 Å². The Bertz CT molecular complexity index is 844. The van der Waals surface area contributed by atoms with Gasteiger partial charge in [-0.05, 0) is 37.4 Å².